The van der Waals surface area contributed by atoms with Gasteiger partial charge in [-0.05, 0) is 38.5 Å². The molecule has 1 aromatic rings. The Morgan fingerprint density at radius 1 is 1.14 bits per heavy atom. The van der Waals surface area contributed by atoms with Gasteiger partial charge in [0, 0.05) is 5.69 Å². The molecule has 1 rings (SSSR count). The first kappa shape index (κ1) is 18.0. The summed E-state index contributed by atoms with van der Waals surface area (Å²) in [4.78, 5) is 22.1. The number of carbonyl (C=O) groups is 2. The lowest BCUT2D eigenvalue weighted by molar-refractivity contribution is -0.120. The number of carbonyl (C=O) groups excluding carboxylic acids is 2. The van der Waals surface area contributed by atoms with Crippen molar-refractivity contribution in [2.45, 2.75) is 37.8 Å². The monoisotopic (exact) mass is 327 g/mol. The molecule has 0 aliphatic rings. The average molecular weight is 327 g/mol. The molecule has 0 bridgehead atoms. The van der Waals surface area contributed by atoms with Gasteiger partial charge in [0.15, 0.2) is 9.84 Å². The highest BCUT2D eigenvalue weighted by molar-refractivity contribution is 7.91. The van der Waals surface area contributed by atoms with Crippen molar-refractivity contribution >= 4 is 27.5 Å². The van der Waals surface area contributed by atoms with Crippen molar-refractivity contribution in [3.05, 3.63) is 29.8 Å². The van der Waals surface area contributed by atoms with Gasteiger partial charge in [0.05, 0.1) is 11.0 Å². The van der Waals surface area contributed by atoms with Gasteiger partial charge in [-0.3, -0.25) is 10.1 Å². The van der Waals surface area contributed by atoms with Crippen molar-refractivity contribution in [1.29, 1.82) is 0 Å². The van der Waals surface area contributed by atoms with Gasteiger partial charge in [-0.25, -0.2) is 13.2 Å². The first-order chi connectivity index (χ1) is 10.1. The van der Waals surface area contributed by atoms with Gasteiger partial charge in [-0.2, -0.15) is 0 Å². The summed E-state index contributed by atoms with van der Waals surface area (Å²) in [5, 5.41) is 4.44. The Morgan fingerprint density at radius 3 is 2.14 bits per heavy atom. The summed E-state index contributed by atoms with van der Waals surface area (Å²) >= 11 is 0. The molecule has 0 radical (unpaired) electrons. The molecular formula is C14H21N3O4S. The van der Waals surface area contributed by atoms with E-state index in [1.54, 1.807) is 45.0 Å². The Hall–Kier alpha value is -2.09. The molecule has 22 heavy (non-hydrogen) atoms. The third-order valence-corrected chi connectivity index (χ3v) is 5.24. The van der Waals surface area contributed by atoms with Crippen LogP contribution in [0, 0.1) is 0 Å². The van der Waals surface area contributed by atoms with Gasteiger partial charge < -0.3 is 11.1 Å². The molecule has 0 saturated carbocycles. The van der Waals surface area contributed by atoms with E-state index in [4.69, 9.17) is 5.73 Å². The van der Waals surface area contributed by atoms with E-state index in [9.17, 15) is 18.0 Å². The van der Waals surface area contributed by atoms with Crippen LogP contribution in [-0.4, -0.2) is 31.6 Å². The van der Waals surface area contributed by atoms with Crippen molar-refractivity contribution < 1.29 is 18.0 Å². The molecule has 0 unspecified atom stereocenters. The zero-order valence-corrected chi connectivity index (χ0v) is 13.6. The first-order valence-corrected chi connectivity index (χ1v) is 8.50. The number of imide groups is 1. The van der Waals surface area contributed by atoms with Crippen LogP contribution >= 0.6 is 0 Å². The number of nitrogens with two attached hydrogens (primary N) is 1. The molecule has 8 heteroatoms. The summed E-state index contributed by atoms with van der Waals surface area (Å²) in [6.07, 6.45) is 0. The van der Waals surface area contributed by atoms with Gasteiger partial charge in [-0.15, -0.1) is 0 Å². The molecule has 0 aliphatic carbocycles. The van der Waals surface area contributed by atoms with E-state index in [2.05, 4.69) is 5.32 Å². The number of urea groups is 1. The highest BCUT2D eigenvalue weighted by Gasteiger charge is 2.17. The maximum atomic E-state index is 11.8. The summed E-state index contributed by atoms with van der Waals surface area (Å²) in [7, 11) is -3.15. The number of nitrogens with one attached hydrogen (secondary N) is 2. The van der Waals surface area contributed by atoms with Gasteiger partial charge in [0.25, 0.3) is 0 Å². The van der Waals surface area contributed by atoms with E-state index in [1.165, 1.54) is 0 Å². The number of hydrogen-bond donors (Lipinski definition) is 3. The maximum Gasteiger partial charge on any atom is 0.318 e. The number of amides is 3. The molecule has 3 amide bonds. The van der Waals surface area contributed by atoms with Crippen molar-refractivity contribution in [3.8, 4) is 0 Å². The van der Waals surface area contributed by atoms with Crippen LogP contribution in [0.3, 0.4) is 0 Å². The molecule has 0 heterocycles. The number of sulfone groups is 1. The number of benzene rings is 1. The van der Waals surface area contributed by atoms with Gasteiger partial charge >= 0.3 is 6.03 Å². The van der Waals surface area contributed by atoms with Gasteiger partial charge in [0.1, 0.15) is 6.04 Å². The largest absolute Gasteiger partial charge is 0.374 e. The minimum Gasteiger partial charge on any atom is -0.374 e. The Balaban J connectivity index is 2.70. The van der Waals surface area contributed by atoms with E-state index in [0.717, 1.165) is 0 Å². The fourth-order valence-corrected chi connectivity index (χ4v) is 2.63. The lowest BCUT2D eigenvalue weighted by Gasteiger charge is -2.14. The lowest BCUT2D eigenvalue weighted by Crippen LogP contribution is -2.43. The highest BCUT2D eigenvalue weighted by Crippen LogP contribution is 2.15. The summed E-state index contributed by atoms with van der Waals surface area (Å²) in [5.74, 6) is -0.568. The summed E-state index contributed by atoms with van der Waals surface area (Å²) in [6, 6.07) is 5.16. The van der Waals surface area contributed by atoms with E-state index in [-0.39, 0.29) is 5.75 Å². The molecule has 0 saturated heterocycles. The standard InChI is InChI=1S/C14H21N3O4S/c1-9(2)22(20,21)8-11-4-6-12(7-5-11)16-10(3)13(18)17-14(15)19/h4-7,9-10,16H,8H2,1-3H3,(H3,15,17,18,19)/t10-/m1/s1. The van der Waals surface area contributed by atoms with Crippen LogP contribution in [0.5, 0.6) is 0 Å². The predicted molar refractivity (Wildman–Crippen MR) is 85.0 cm³/mol. The second-order valence-electron chi connectivity index (χ2n) is 5.27. The molecule has 4 N–H and O–H groups in total. The predicted octanol–water partition coefficient (Wildman–Crippen LogP) is 1.01. The number of rotatable bonds is 6. The average Bonchev–Trinajstić information content (AvgIpc) is 2.39. The molecule has 0 fully saturated rings. The van der Waals surface area contributed by atoms with Gasteiger partial charge in [-0.1, -0.05) is 12.1 Å². The molecule has 1 atom stereocenters. The van der Waals surface area contributed by atoms with Crippen molar-refractivity contribution in [2.75, 3.05) is 5.32 Å². The highest BCUT2D eigenvalue weighted by atomic mass is 32.2. The van der Waals surface area contributed by atoms with E-state index in [1.807, 2.05) is 5.32 Å². The van der Waals surface area contributed by atoms with Crippen LogP contribution in [0.2, 0.25) is 0 Å². The smallest absolute Gasteiger partial charge is 0.318 e. The second-order valence-corrected chi connectivity index (χ2v) is 7.83. The van der Waals surface area contributed by atoms with Crippen LogP contribution in [0.1, 0.15) is 26.3 Å². The van der Waals surface area contributed by atoms with E-state index in [0.29, 0.717) is 11.3 Å². The Bertz CT molecular complexity index is 639. The zero-order valence-electron chi connectivity index (χ0n) is 12.8. The SMILES string of the molecule is CC(C)S(=O)(=O)Cc1ccc(N[C@H](C)C(=O)NC(N)=O)cc1. The Kier molecular flexibility index (Phi) is 5.92. The molecule has 7 nitrogen and oxygen atoms in total. The topological polar surface area (TPSA) is 118 Å². The van der Waals surface area contributed by atoms with Crippen LogP contribution in [0.15, 0.2) is 24.3 Å². The molecule has 0 aliphatic heterocycles. The second kappa shape index (κ2) is 7.26. The Morgan fingerprint density at radius 2 is 1.68 bits per heavy atom. The molecular weight excluding hydrogens is 306 g/mol. The van der Waals surface area contributed by atoms with Crippen LogP contribution in [-0.2, 0) is 20.4 Å². The summed E-state index contributed by atoms with van der Waals surface area (Å²) in [5.41, 5.74) is 6.18. The molecule has 1 aromatic carbocycles. The first-order valence-electron chi connectivity index (χ1n) is 6.79. The third-order valence-electron chi connectivity index (χ3n) is 3.06. The van der Waals surface area contributed by atoms with Gasteiger partial charge in [0.2, 0.25) is 5.91 Å². The number of anilines is 1. The normalized spacial score (nSPS) is 12.7. The number of primary amides is 1. The lowest BCUT2D eigenvalue weighted by atomic mass is 10.2. The maximum absolute atomic E-state index is 11.8. The molecule has 122 valence electrons. The zero-order chi connectivity index (χ0) is 16.9. The van der Waals surface area contributed by atoms with E-state index >= 15 is 0 Å². The van der Waals surface area contributed by atoms with Crippen LogP contribution in [0.25, 0.3) is 0 Å². The van der Waals surface area contributed by atoms with Crippen molar-refractivity contribution in [1.82, 2.24) is 5.32 Å². The van der Waals surface area contributed by atoms with Crippen molar-refractivity contribution in [3.63, 3.8) is 0 Å². The minimum absolute atomic E-state index is 0.0251. The quantitative estimate of drug-likeness (QED) is 0.720. The van der Waals surface area contributed by atoms with Crippen molar-refractivity contribution in [2.24, 2.45) is 5.73 Å². The fraction of sp³-hybridized carbons (Fsp3) is 0.429. The summed E-state index contributed by atoms with van der Waals surface area (Å²) in [6.45, 7) is 4.87. The third kappa shape index (κ3) is 5.36. The summed E-state index contributed by atoms with van der Waals surface area (Å²) < 4.78 is 23.7. The van der Waals surface area contributed by atoms with E-state index < -0.39 is 33.1 Å². The fourth-order valence-electron chi connectivity index (χ4n) is 1.64. The van der Waals surface area contributed by atoms with Crippen LogP contribution < -0.4 is 16.4 Å². The van der Waals surface area contributed by atoms with Crippen LogP contribution in [0.4, 0.5) is 10.5 Å². The molecule has 0 aromatic heterocycles. The number of hydrogen-bond acceptors (Lipinski definition) is 5. The Labute approximate surface area is 130 Å². The molecule has 0 spiro atoms. The minimum atomic E-state index is -3.15.